The van der Waals surface area contributed by atoms with Gasteiger partial charge in [0, 0.05) is 10.7 Å². The second kappa shape index (κ2) is 8.51. The Morgan fingerprint density at radius 2 is 1.68 bits per heavy atom. The van der Waals surface area contributed by atoms with Crippen molar-refractivity contribution in [1.29, 1.82) is 0 Å². The molecule has 0 spiro atoms. The Labute approximate surface area is 117 Å². The van der Waals surface area contributed by atoms with E-state index in [1.54, 1.807) is 0 Å². The zero-order valence-corrected chi connectivity index (χ0v) is 12.8. The summed E-state index contributed by atoms with van der Waals surface area (Å²) in [5, 5.41) is 17.0. The highest BCUT2D eigenvalue weighted by Gasteiger charge is 2.42. The minimum atomic E-state index is -0.783. The highest BCUT2D eigenvalue weighted by molar-refractivity contribution is 4.87. The summed E-state index contributed by atoms with van der Waals surface area (Å²) in [6.07, 6.45) is 10.2. The van der Waals surface area contributed by atoms with E-state index in [0.29, 0.717) is 0 Å². The van der Waals surface area contributed by atoms with Crippen molar-refractivity contribution in [3.8, 4) is 0 Å². The van der Waals surface area contributed by atoms with Gasteiger partial charge in [-0.2, -0.15) is 0 Å². The maximum absolute atomic E-state index is 9.77. The first-order valence-electron chi connectivity index (χ1n) is 7.88. The van der Waals surface area contributed by atoms with Crippen molar-refractivity contribution in [3.63, 3.8) is 0 Å². The van der Waals surface area contributed by atoms with Crippen LogP contribution < -0.4 is 0 Å². The maximum atomic E-state index is 9.77. The van der Waals surface area contributed by atoms with E-state index >= 15 is 0 Å². The van der Waals surface area contributed by atoms with E-state index in [9.17, 15) is 5.11 Å². The maximum Gasteiger partial charge on any atom is 0.209 e. The number of unbranched alkanes of at least 4 members (excludes halogenated alkanes) is 6. The topological polar surface area (TPSA) is 54.2 Å². The molecule has 0 amide bonds. The molecule has 1 heterocycles. The average molecular weight is 270 g/mol. The van der Waals surface area contributed by atoms with Crippen LogP contribution in [0.1, 0.15) is 78.6 Å². The van der Waals surface area contributed by atoms with E-state index in [1.807, 2.05) is 0 Å². The number of aliphatic hydroxyl groups is 1. The van der Waals surface area contributed by atoms with Gasteiger partial charge in [-0.05, 0) is 12.8 Å². The fourth-order valence-electron chi connectivity index (χ4n) is 2.73. The summed E-state index contributed by atoms with van der Waals surface area (Å²) in [5.74, 6) is 0. The first kappa shape index (κ1) is 16.4. The normalized spacial score (nSPS) is 25.3. The molecule has 0 bridgehead atoms. The van der Waals surface area contributed by atoms with Gasteiger partial charge in [-0.1, -0.05) is 65.7 Å². The lowest BCUT2D eigenvalue weighted by Crippen LogP contribution is -2.39. The molecule has 0 radical (unpaired) electrons. The minimum Gasteiger partial charge on any atom is -0.371 e. The summed E-state index contributed by atoms with van der Waals surface area (Å²) >= 11 is 0. The molecule has 112 valence electrons. The Bertz CT molecular complexity index is 271. The summed E-state index contributed by atoms with van der Waals surface area (Å²) < 4.78 is 0. The summed E-state index contributed by atoms with van der Waals surface area (Å²) in [6.45, 7) is 6.57. The van der Waals surface area contributed by atoms with E-state index in [1.165, 1.54) is 44.9 Å². The van der Waals surface area contributed by atoms with E-state index < -0.39 is 6.23 Å². The Kier molecular flexibility index (Phi) is 7.36. The van der Waals surface area contributed by atoms with Crippen LogP contribution in [-0.2, 0) is 4.84 Å². The molecule has 0 aliphatic carbocycles. The largest absolute Gasteiger partial charge is 0.371 e. The molecule has 1 N–H and O–H groups in total. The van der Waals surface area contributed by atoms with Gasteiger partial charge in [0.15, 0.2) is 6.10 Å². The Hall–Kier alpha value is -0.640. The van der Waals surface area contributed by atoms with Crippen molar-refractivity contribution in [3.05, 3.63) is 0 Å². The van der Waals surface area contributed by atoms with Gasteiger partial charge < -0.3 is 9.94 Å². The summed E-state index contributed by atoms with van der Waals surface area (Å²) in [6, 6.07) is 0. The molecule has 0 saturated carbocycles. The standard InChI is InChI=1S/C15H30N2O2/c1-4-6-7-8-9-10-11-12-15(3,5-2)13-14(18)16-17-19-13/h13-14,18H,4-12H2,1-3H3. The molecule has 1 rings (SSSR count). The number of hydrogen-bond donors (Lipinski definition) is 1. The van der Waals surface area contributed by atoms with E-state index in [0.717, 1.165) is 12.8 Å². The van der Waals surface area contributed by atoms with Crippen molar-refractivity contribution >= 4 is 0 Å². The van der Waals surface area contributed by atoms with Crippen molar-refractivity contribution in [1.82, 2.24) is 0 Å². The second-order valence-electron chi connectivity index (χ2n) is 6.02. The highest BCUT2D eigenvalue weighted by Crippen LogP contribution is 2.38. The van der Waals surface area contributed by atoms with Crippen molar-refractivity contribution in [2.45, 2.75) is 90.9 Å². The van der Waals surface area contributed by atoms with Crippen LogP contribution >= 0.6 is 0 Å². The van der Waals surface area contributed by atoms with Gasteiger partial charge in [-0.15, -0.1) is 5.11 Å². The quantitative estimate of drug-likeness (QED) is 0.588. The van der Waals surface area contributed by atoms with Crippen molar-refractivity contribution in [2.75, 3.05) is 0 Å². The molecular formula is C15H30N2O2. The van der Waals surface area contributed by atoms with Crippen LogP contribution in [0.3, 0.4) is 0 Å². The van der Waals surface area contributed by atoms with Crippen molar-refractivity contribution in [2.24, 2.45) is 15.8 Å². The van der Waals surface area contributed by atoms with E-state index in [4.69, 9.17) is 4.84 Å². The van der Waals surface area contributed by atoms with Gasteiger partial charge in [0.2, 0.25) is 6.23 Å². The van der Waals surface area contributed by atoms with Crippen LogP contribution in [-0.4, -0.2) is 17.4 Å². The molecule has 0 aromatic rings. The molecule has 0 fully saturated rings. The zero-order chi connectivity index (χ0) is 14.1. The van der Waals surface area contributed by atoms with E-state index in [2.05, 4.69) is 31.2 Å². The van der Waals surface area contributed by atoms with Crippen LogP contribution in [0.15, 0.2) is 10.4 Å². The molecular weight excluding hydrogens is 240 g/mol. The predicted molar refractivity (Wildman–Crippen MR) is 76.7 cm³/mol. The predicted octanol–water partition coefficient (Wildman–Crippen LogP) is 4.63. The lowest BCUT2D eigenvalue weighted by atomic mass is 9.76. The number of hydrogen-bond acceptors (Lipinski definition) is 4. The number of nitrogens with zero attached hydrogens (tertiary/aromatic N) is 2. The molecule has 3 atom stereocenters. The third kappa shape index (κ3) is 5.09. The van der Waals surface area contributed by atoms with Crippen LogP contribution in [0, 0.1) is 5.41 Å². The molecule has 3 unspecified atom stereocenters. The summed E-state index contributed by atoms with van der Waals surface area (Å²) in [5.41, 5.74) is -0.0215. The van der Waals surface area contributed by atoms with Crippen LogP contribution in [0.25, 0.3) is 0 Å². The smallest absolute Gasteiger partial charge is 0.209 e. The van der Waals surface area contributed by atoms with Gasteiger partial charge in [-0.25, -0.2) is 0 Å². The Balaban J connectivity index is 2.21. The number of rotatable bonds is 10. The minimum absolute atomic E-state index is 0.0215. The highest BCUT2D eigenvalue weighted by atomic mass is 16.7. The van der Waals surface area contributed by atoms with Gasteiger partial charge in [0.05, 0.1) is 0 Å². The summed E-state index contributed by atoms with van der Waals surface area (Å²) in [4.78, 5) is 5.24. The molecule has 19 heavy (non-hydrogen) atoms. The molecule has 0 aromatic heterocycles. The fraction of sp³-hybridized carbons (Fsp3) is 1.00. The van der Waals surface area contributed by atoms with Crippen molar-refractivity contribution < 1.29 is 9.94 Å². The lowest BCUT2D eigenvalue weighted by Gasteiger charge is -2.33. The average Bonchev–Trinajstić information content (AvgIpc) is 2.84. The van der Waals surface area contributed by atoms with Crippen LogP contribution in [0.2, 0.25) is 0 Å². The molecule has 4 heteroatoms. The van der Waals surface area contributed by atoms with Gasteiger partial charge in [-0.3, -0.25) is 0 Å². The zero-order valence-electron chi connectivity index (χ0n) is 12.8. The third-order valence-corrected chi connectivity index (χ3v) is 4.44. The van der Waals surface area contributed by atoms with Gasteiger partial charge in [0.1, 0.15) is 0 Å². The SMILES string of the molecule is CCCCCCCCCC(C)(CC)C1ON=NC1O. The molecule has 1 aliphatic rings. The molecule has 0 aromatic carbocycles. The molecule has 1 aliphatic heterocycles. The second-order valence-corrected chi connectivity index (χ2v) is 6.02. The van der Waals surface area contributed by atoms with Crippen LogP contribution in [0.5, 0.6) is 0 Å². The number of aliphatic hydroxyl groups excluding tert-OH is 1. The first-order chi connectivity index (χ1) is 9.14. The summed E-state index contributed by atoms with van der Waals surface area (Å²) in [7, 11) is 0. The Morgan fingerprint density at radius 1 is 1.05 bits per heavy atom. The first-order valence-corrected chi connectivity index (χ1v) is 7.88. The Morgan fingerprint density at radius 3 is 2.21 bits per heavy atom. The molecule has 0 saturated heterocycles. The van der Waals surface area contributed by atoms with Gasteiger partial charge >= 0.3 is 0 Å². The molecule has 4 nitrogen and oxygen atoms in total. The lowest BCUT2D eigenvalue weighted by molar-refractivity contribution is -0.0683. The fourth-order valence-corrected chi connectivity index (χ4v) is 2.73. The van der Waals surface area contributed by atoms with E-state index in [-0.39, 0.29) is 11.5 Å². The van der Waals surface area contributed by atoms with Gasteiger partial charge in [0.25, 0.3) is 0 Å². The third-order valence-electron chi connectivity index (χ3n) is 4.44. The monoisotopic (exact) mass is 270 g/mol. The van der Waals surface area contributed by atoms with Crippen LogP contribution in [0.4, 0.5) is 0 Å².